The third-order valence-electron chi connectivity index (χ3n) is 3.32. The molecule has 0 aromatic heterocycles. The van der Waals surface area contributed by atoms with Crippen molar-refractivity contribution < 1.29 is 19.0 Å². The molecule has 0 saturated carbocycles. The van der Waals surface area contributed by atoms with E-state index in [1.54, 1.807) is 11.8 Å². The van der Waals surface area contributed by atoms with E-state index in [0.29, 0.717) is 36.2 Å². The summed E-state index contributed by atoms with van der Waals surface area (Å²) >= 11 is 3.21. The second-order valence-corrected chi connectivity index (χ2v) is 5.75. The van der Waals surface area contributed by atoms with Crippen molar-refractivity contribution in [2.45, 2.75) is 32.0 Å². The van der Waals surface area contributed by atoms with E-state index >= 15 is 0 Å². The molecule has 1 fully saturated rings. The van der Waals surface area contributed by atoms with Crippen LogP contribution in [-0.2, 0) is 4.79 Å². The van der Waals surface area contributed by atoms with Gasteiger partial charge in [-0.2, -0.15) is 0 Å². The van der Waals surface area contributed by atoms with Crippen molar-refractivity contribution in [2.24, 2.45) is 0 Å². The smallest absolute Gasteiger partial charge is 0.263 e. The Morgan fingerprint density at radius 1 is 1.50 bits per heavy atom. The van der Waals surface area contributed by atoms with Crippen LogP contribution in [-0.4, -0.2) is 41.2 Å². The molecule has 1 N–H and O–H groups in total. The zero-order chi connectivity index (χ0) is 14.7. The molecule has 1 amide bonds. The fourth-order valence-electron chi connectivity index (χ4n) is 2.15. The van der Waals surface area contributed by atoms with Crippen molar-refractivity contribution in [3.05, 3.63) is 28.5 Å². The minimum atomic E-state index is -0.646. The molecule has 4 nitrogen and oxygen atoms in total. The molecule has 0 radical (unpaired) electrons. The third-order valence-corrected chi connectivity index (χ3v) is 3.94. The molecule has 6 heteroatoms. The fourth-order valence-corrected chi connectivity index (χ4v) is 2.60. The predicted molar refractivity (Wildman–Crippen MR) is 76.0 cm³/mol. The summed E-state index contributed by atoms with van der Waals surface area (Å²) in [5.74, 6) is -0.0503. The molecule has 2 rings (SSSR count). The highest BCUT2D eigenvalue weighted by molar-refractivity contribution is 9.10. The summed E-state index contributed by atoms with van der Waals surface area (Å²) in [5, 5.41) is 9.43. The van der Waals surface area contributed by atoms with E-state index in [1.165, 1.54) is 18.2 Å². The quantitative estimate of drug-likeness (QED) is 0.914. The summed E-state index contributed by atoms with van der Waals surface area (Å²) in [6, 6.07) is 4.07. The van der Waals surface area contributed by atoms with Crippen molar-refractivity contribution >= 4 is 21.8 Å². The van der Waals surface area contributed by atoms with Crippen LogP contribution in [0.4, 0.5) is 4.39 Å². The van der Waals surface area contributed by atoms with Crippen molar-refractivity contribution in [1.82, 2.24) is 4.90 Å². The number of ether oxygens (including phenoxy) is 1. The number of carbonyl (C=O) groups is 1. The first-order chi connectivity index (χ1) is 9.47. The Bertz CT molecular complexity index is 489. The van der Waals surface area contributed by atoms with Gasteiger partial charge in [-0.1, -0.05) is 0 Å². The van der Waals surface area contributed by atoms with Crippen molar-refractivity contribution in [2.75, 3.05) is 13.1 Å². The van der Waals surface area contributed by atoms with E-state index < -0.39 is 6.10 Å². The molecule has 1 heterocycles. The normalized spacial score (nSPS) is 17.9. The Hall–Kier alpha value is -1.14. The Labute approximate surface area is 125 Å². The Kier molecular flexibility index (Phi) is 4.99. The summed E-state index contributed by atoms with van der Waals surface area (Å²) in [6.07, 6.45) is 0.228. The summed E-state index contributed by atoms with van der Waals surface area (Å²) in [4.78, 5) is 13.9. The molecule has 0 spiro atoms. The zero-order valence-corrected chi connectivity index (χ0v) is 12.8. The van der Waals surface area contributed by atoms with Crippen LogP contribution in [0.1, 0.15) is 19.8 Å². The number of carbonyl (C=O) groups excluding carboxylic acids is 1. The zero-order valence-electron chi connectivity index (χ0n) is 11.2. The Morgan fingerprint density at radius 2 is 2.15 bits per heavy atom. The van der Waals surface area contributed by atoms with Gasteiger partial charge in [0.15, 0.2) is 6.10 Å². The predicted octanol–water partition coefficient (Wildman–Crippen LogP) is 2.34. The standard InChI is InChI=1S/C14H17BrFNO3/c1-9(14(19)17-6-4-11(18)5-7-17)20-13-3-2-10(16)8-12(13)15/h2-3,8-9,11,18H,4-7H2,1H3. The summed E-state index contributed by atoms with van der Waals surface area (Å²) in [5.41, 5.74) is 0. The van der Waals surface area contributed by atoms with Gasteiger partial charge in [0.2, 0.25) is 0 Å². The van der Waals surface area contributed by atoms with Gasteiger partial charge < -0.3 is 14.7 Å². The first kappa shape index (κ1) is 15.3. The van der Waals surface area contributed by atoms with Crippen molar-refractivity contribution in [3.8, 4) is 5.75 Å². The van der Waals surface area contributed by atoms with Crippen LogP contribution in [0.25, 0.3) is 0 Å². The van der Waals surface area contributed by atoms with Gasteiger partial charge in [0.25, 0.3) is 5.91 Å². The van der Waals surface area contributed by atoms with Crippen LogP contribution in [0.5, 0.6) is 5.75 Å². The second kappa shape index (κ2) is 6.54. The molecule has 1 aliphatic heterocycles. The van der Waals surface area contributed by atoms with Crippen LogP contribution in [0, 0.1) is 5.82 Å². The average molecular weight is 346 g/mol. The largest absolute Gasteiger partial charge is 0.480 e. The van der Waals surface area contributed by atoms with Crippen molar-refractivity contribution in [1.29, 1.82) is 0 Å². The van der Waals surface area contributed by atoms with Gasteiger partial charge in [-0.15, -0.1) is 0 Å². The molecule has 1 unspecified atom stereocenters. The number of hydrogen-bond acceptors (Lipinski definition) is 3. The molecule has 1 aromatic rings. The lowest BCUT2D eigenvalue weighted by molar-refractivity contribution is -0.140. The SMILES string of the molecule is CC(Oc1ccc(F)cc1Br)C(=O)N1CCC(O)CC1. The number of aliphatic hydroxyl groups is 1. The maximum Gasteiger partial charge on any atom is 0.263 e. The van der Waals surface area contributed by atoms with Gasteiger partial charge in [-0.05, 0) is 53.9 Å². The van der Waals surface area contributed by atoms with Crippen LogP contribution < -0.4 is 4.74 Å². The van der Waals surface area contributed by atoms with Gasteiger partial charge >= 0.3 is 0 Å². The number of piperidine rings is 1. The number of nitrogens with zero attached hydrogens (tertiary/aromatic N) is 1. The number of benzene rings is 1. The molecule has 1 aliphatic rings. The number of halogens is 2. The molecule has 0 bridgehead atoms. The fraction of sp³-hybridized carbons (Fsp3) is 0.500. The Balaban J connectivity index is 1.97. The topological polar surface area (TPSA) is 49.8 Å². The first-order valence-corrected chi connectivity index (χ1v) is 7.35. The minimum Gasteiger partial charge on any atom is -0.480 e. The summed E-state index contributed by atoms with van der Waals surface area (Å²) in [6.45, 7) is 2.75. The van der Waals surface area contributed by atoms with Crippen LogP contribution in [0.3, 0.4) is 0 Å². The highest BCUT2D eigenvalue weighted by atomic mass is 79.9. The summed E-state index contributed by atoms with van der Waals surface area (Å²) in [7, 11) is 0. The van der Waals surface area contributed by atoms with E-state index in [1.807, 2.05) is 0 Å². The third kappa shape index (κ3) is 3.70. The molecule has 20 heavy (non-hydrogen) atoms. The van der Waals surface area contributed by atoms with E-state index in [-0.39, 0.29) is 17.8 Å². The van der Waals surface area contributed by atoms with E-state index in [0.717, 1.165) is 0 Å². The van der Waals surface area contributed by atoms with E-state index in [2.05, 4.69) is 15.9 Å². The van der Waals surface area contributed by atoms with Gasteiger partial charge in [0, 0.05) is 13.1 Å². The highest BCUT2D eigenvalue weighted by Gasteiger charge is 2.26. The minimum absolute atomic E-state index is 0.117. The van der Waals surface area contributed by atoms with E-state index in [4.69, 9.17) is 4.74 Å². The lowest BCUT2D eigenvalue weighted by atomic mass is 10.1. The average Bonchev–Trinajstić information content (AvgIpc) is 2.42. The Morgan fingerprint density at radius 3 is 2.75 bits per heavy atom. The van der Waals surface area contributed by atoms with Crippen LogP contribution >= 0.6 is 15.9 Å². The lowest BCUT2D eigenvalue weighted by Crippen LogP contribution is -2.45. The molecule has 1 atom stereocenters. The number of rotatable bonds is 3. The molecular weight excluding hydrogens is 329 g/mol. The molecular formula is C14H17BrFNO3. The number of likely N-dealkylation sites (tertiary alicyclic amines) is 1. The lowest BCUT2D eigenvalue weighted by Gasteiger charge is -2.31. The molecule has 110 valence electrons. The van der Waals surface area contributed by atoms with Crippen LogP contribution in [0.2, 0.25) is 0 Å². The van der Waals surface area contributed by atoms with Gasteiger partial charge in [0.05, 0.1) is 10.6 Å². The number of aliphatic hydroxyl groups excluding tert-OH is 1. The summed E-state index contributed by atoms with van der Waals surface area (Å²) < 4.78 is 19.0. The maximum absolute atomic E-state index is 13.0. The van der Waals surface area contributed by atoms with Crippen LogP contribution in [0.15, 0.2) is 22.7 Å². The number of hydrogen-bond donors (Lipinski definition) is 1. The van der Waals surface area contributed by atoms with Gasteiger partial charge in [-0.25, -0.2) is 4.39 Å². The van der Waals surface area contributed by atoms with Gasteiger partial charge in [0.1, 0.15) is 11.6 Å². The second-order valence-electron chi connectivity index (χ2n) is 4.89. The van der Waals surface area contributed by atoms with Gasteiger partial charge in [-0.3, -0.25) is 4.79 Å². The number of amides is 1. The van der Waals surface area contributed by atoms with E-state index in [9.17, 15) is 14.3 Å². The maximum atomic E-state index is 13.0. The monoisotopic (exact) mass is 345 g/mol. The molecule has 1 saturated heterocycles. The highest BCUT2D eigenvalue weighted by Crippen LogP contribution is 2.26. The molecule has 0 aliphatic carbocycles. The first-order valence-electron chi connectivity index (χ1n) is 6.56. The van der Waals surface area contributed by atoms with Crippen molar-refractivity contribution in [3.63, 3.8) is 0 Å². The molecule has 1 aromatic carbocycles.